The lowest BCUT2D eigenvalue weighted by Crippen LogP contribution is -2.44. The Labute approximate surface area is 340 Å². The molecule has 0 radical (unpaired) electrons. The van der Waals surface area contributed by atoms with Gasteiger partial charge in [-0.2, -0.15) is 10.5 Å². The molecule has 14 nitrogen and oxygen atoms in total. The molecular formula is C41H68N7O7S+. The van der Waals surface area contributed by atoms with Crippen molar-refractivity contribution in [2.45, 2.75) is 66.0 Å². The minimum absolute atomic E-state index is 0.0301. The molecule has 0 aliphatic rings. The third kappa shape index (κ3) is 20.4. The highest BCUT2D eigenvalue weighted by Gasteiger charge is 2.23. The molecule has 1 aromatic heterocycles. The molecule has 15 heteroatoms. The molecule has 0 saturated carbocycles. The highest BCUT2D eigenvalue weighted by molar-refractivity contribution is 7.16. The van der Waals surface area contributed by atoms with Crippen molar-refractivity contribution in [3.05, 3.63) is 39.8 Å². The van der Waals surface area contributed by atoms with E-state index in [4.69, 9.17) is 33.2 Å². The average molecular weight is 803 g/mol. The number of quaternary nitrogens is 1. The molecule has 0 N–H and O–H groups in total. The number of likely N-dealkylation sites (N-methyl/N-ethyl adjacent to an activating group) is 2. The predicted octanol–water partition coefficient (Wildman–Crippen LogP) is 6.27. The van der Waals surface area contributed by atoms with Gasteiger partial charge in [0.25, 0.3) is 0 Å². The monoisotopic (exact) mass is 802 g/mol. The highest BCUT2D eigenvalue weighted by atomic mass is 32.1. The van der Waals surface area contributed by atoms with Crippen LogP contribution in [0.1, 0.15) is 49.3 Å². The van der Waals surface area contributed by atoms with E-state index in [0.29, 0.717) is 106 Å². The predicted molar refractivity (Wildman–Crippen MR) is 222 cm³/mol. The summed E-state index contributed by atoms with van der Waals surface area (Å²) in [6.45, 7) is 19.5. The Hall–Kier alpha value is -3.06. The van der Waals surface area contributed by atoms with Gasteiger partial charge < -0.3 is 47.4 Å². The summed E-state index contributed by atoms with van der Waals surface area (Å²) in [5, 5.41) is 28.4. The van der Waals surface area contributed by atoms with E-state index in [2.05, 4.69) is 59.4 Å². The van der Waals surface area contributed by atoms with Gasteiger partial charge in [-0.05, 0) is 85.0 Å². The first-order valence-electron chi connectivity index (χ1n) is 19.5. The molecular weight excluding hydrogens is 735 g/mol. The largest absolute Gasteiger partial charge is 0.378 e. The van der Waals surface area contributed by atoms with Gasteiger partial charge in [-0.1, -0.05) is 0 Å². The van der Waals surface area contributed by atoms with Crippen molar-refractivity contribution in [1.29, 1.82) is 10.5 Å². The number of aryl methyl sites for hydroxylation is 1. The SMILES string of the molecule is Cc1cc(N(CC(COC(C)C)OCCOCCOCCN(C)C)CC(COC(C)C)OCCOCC[N+](C)(C)C)ccc1/N=N/c1sc(C#N)c(C)c1C#N. The van der Waals surface area contributed by atoms with Crippen LogP contribution in [0.5, 0.6) is 0 Å². The van der Waals surface area contributed by atoms with Crippen LogP contribution < -0.4 is 4.90 Å². The number of hydrogen-bond donors (Lipinski definition) is 0. The minimum Gasteiger partial charge on any atom is -0.378 e. The maximum absolute atomic E-state index is 9.68. The molecule has 314 valence electrons. The third-order valence-electron chi connectivity index (χ3n) is 8.34. The van der Waals surface area contributed by atoms with Crippen molar-refractivity contribution in [3.8, 4) is 12.1 Å². The lowest BCUT2D eigenvalue weighted by atomic mass is 10.1. The zero-order chi connectivity index (χ0) is 41.5. The van der Waals surface area contributed by atoms with Crippen molar-refractivity contribution in [3.63, 3.8) is 0 Å². The number of benzene rings is 1. The molecule has 0 amide bonds. The van der Waals surface area contributed by atoms with Gasteiger partial charge in [0, 0.05) is 25.3 Å². The second-order valence-electron chi connectivity index (χ2n) is 15.4. The van der Waals surface area contributed by atoms with E-state index in [1.54, 1.807) is 6.92 Å². The molecule has 2 rings (SSSR count). The van der Waals surface area contributed by atoms with Gasteiger partial charge in [0.2, 0.25) is 0 Å². The van der Waals surface area contributed by atoms with Crippen LogP contribution in [0.3, 0.4) is 0 Å². The van der Waals surface area contributed by atoms with E-state index >= 15 is 0 Å². The van der Waals surface area contributed by atoms with Crippen LogP contribution >= 0.6 is 11.3 Å². The summed E-state index contributed by atoms with van der Waals surface area (Å²) in [5.41, 5.74) is 3.49. The fourth-order valence-electron chi connectivity index (χ4n) is 5.10. The molecule has 0 fully saturated rings. The van der Waals surface area contributed by atoms with Gasteiger partial charge in [-0.25, -0.2) is 0 Å². The number of hydrogen-bond acceptors (Lipinski definition) is 14. The summed E-state index contributed by atoms with van der Waals surface area (Å²) in [4.78, 5) is 4.78. The Balaban J connectivity index is 2.31. The van der Waals surface area contributed by atoms with Crippen LogP contribution in [0.2, 0.25) is 0 Å². The Morgan fingerprint density at radius 3 is 1.79 bits per heavy atom. The maximum Gasteiger partial charge on any atom is 0.158 e. The normalized spacial score (nSPS) is 13.2. The van der Waals surface area contributed by atoms with Gasteiger partial charge in [0.05, 0.1) is 123 Å². The second kappa shape index (κ2) is 26.8. The zero-order valence-electron chi connectivity index (χ0n) is 35.8. The molecule has 0 bridgehead atoms. The fraction of sp³-hybridized carbons (Fsp3) is 0.707. The van der Waals surface area contributed by atoms with E-state index in [0.717, 1.165) is 28.8 Å². The molecule has 2 unspecified atom stereocenters. The first kappa shape index (κ1) is 49.1. The second-order valence-corrected chi connectivity index (χ2v) is 16.4. The summed E-state index contributed by atoms with van der Waals surface area (Å²) in [7, 11) is 10.5. The molecule has 1 aromatic carbocycles. The Kier molecular flexibility index (Phi) is 23.5. The van der Waals surface area contributed by atoms with E-state index in [1.165, 1.54) is 11.3 Å². The number of nitriles is 2. The van der Waals surface area contributed by atoms with Gasteiger partial charge in [0.1, 0.15) is 23.6 Å². The molecule has 2 atom stereocenters. The first-order chi connectivity index (χ1) is 26.6. The van der Waals surface area contributed by atoms with Crippen molar-refractivity contribution in [1.82, 2.24) is 4.90 Å². The Bertz CT molecular complexity index is 1520. The summed E-state index contributed by atoms with van der Waals surface area (Å²) < 4.78 is 43.2. The maximum atomic E-state index is 9.68. The summed E-state index contributed by atoms with van der Waals surface area (Å²) in [6, 6.07) is 10.3. The topological polar surface area (TPSA) is 143 Å². The molecule has 0 aliphatic heterocycles. The molecule has 2 aromatic rings. The molecule has 56 heavy (non-hydrogen) atoms. The van der Waals surface area contributed by atoms with E-state index < -0.39 is 0 Å². The Morgan fingerprint density at radius 2 is 1.29 bits per heavy atom. The minimum atomic E-state index is -0.275. The standard InChI is InChI=1S/C41H68N7O7S/c1-31(2)54-29-36(52-22-20-50-17-15-48(9,10)11)27-47(28-37(30-55-32(3)4)53-23-21-51-19-18-49-16-14-46(7)8)35-12-13-39(33(5)24-35)44-45-41-38(25-42)34(6)40(26-43)56-41/h12-13,24,31-32,36-37H,14-23,27-30H2,1-11H3/q+1/b45-44+. The van der Waals surface area contributed by atoms with E-state index in [1.807, 2.05) is 60.8 Å². The van der Waals surface area contributed by atoms with Gasteiger partial charge in [-0.15, -0.1) is 21.6 Å². The van der Waals surface area contributed by atoms with Gasteiger partial charge in [-0.3, -0.25) is 0 Å². The first-order valence-corrected chi connectivity index (χ1v) is 20.3. The number of ether oxygens (including phenoxy) is 7. The van der Waals surface area contributed by atoms with Crippen molar-refractivity contribution in [2.75, 3.05) is 132 Å². The molecule has 0 spiro atoms. The lowest BCUT2D eigenvalue weighted by Gasteiger charge is -2.33. The highest BCUT2D eigenvalue weighted by Crippen LogP contribution is 2.36. The van der Waals surface area contributed by atoms with Crippen LogP contribution in [-0.4, -0.2) is 161 Å². The number of azo groups is 1. The van der Waals surface area contributed by atoms with Crippen molar-refractivity contribution >= 4 is 27.7 Å². The van der Waals surface area contributed by atoms with Gasteiger partial charge >= 0.3 is 0 Å². The average Bonchev–Trinajstić information content (AvgIpc) is 3.45. The van der Waals surface area contributed by atoms with E-state index in [-0.39, 0.29) is 24.4 Å². The fourth-order valence-corrected chi connectivity index (χ4v) is 5.97. The van der Waals surface area contributed by atoms with Crippen LogP contribution in [0.4, 0.5) is 16.4 Å². The number of nitrogens with zero attached hydrogens (tertiary/aromatic N) is 7. The van der Waals surface area contributed by atoms with Crippen LogP contribution in [-0.2, 0) is 33.2 Å². The summed E-state index contributed by atoms with van der Waals surface area (Å²) >= 11 is 1.17. The van der Waals surface area contributed by atoms with E-state index in [9.17, 15) is 10.5 Å². The summed E-state index contributed by atoms with van der Waals surface area (Å²) in [5.74, 6) is 0. The molecule has 1 heterocycles. The number of anilines is 1. The number of thiophene rings is 1. The van der Waals surface area contributed by atoms with Crippen LogP contribution in [0.15, 0.2) is 28.4 Å². The number of rotatable bonds is 30. The Morgan fingerprint density at radius 1 is 0.732 bits per heavy atom. The molecule has 0 saturated heterocycles. The summed E-state index contributed by atoms with van der Waals surface area (Å²) in [6.07, 6.45) is -0.470. The zero-order valence-corrected chi connectivity index (χ0v) is 36.7. The third-order valence-corrected chi connectivity index (χ3v) is 9.42. The van der Waals surface area contributed by atoms with Crippen LogP contribution in [0, 0.1) is 36.5 Å². The quantitative estimate of drug-likeness (QED) is 0.0501. The molecule has 0 aliphatic carbocycles. The lowest BCUT2D eigenvalue weighted by molar-refractivity contribution is -0.870. The van der Waals surface area contributed by atoms with Crippen molar-refractivity contribution < 1.29 is 37.6 Å². The van der Waals surface area contributed by atoms with Crippen molar-refractivity contribution in [2.24, 2.45) is 10.2 Å². The van der Waals surface area contributed by atoms with Crippen LogP contribution in [0.25, 0.3) is 0 Å². The smallest absolute Gasteiger partial charge is 0.158 e. The van der Waals surface area contributed by atoms with Gasteiger partial charge in [0.15, 0.2) is 5.00 Å².